The standard InChI is InChI=1S/C17H16N4O/c1-18-17-13-6-3-7-14(22-2)16(13)20-15(21-17)9-8-12-5-4-10-19-11-12/h3-11H,1-2H3,(H,18,20,21)/b9-8+. The fourth-order valence-electron chi connectivity index (χ4n) is 2.22. The van der Waals surface area contributed by atoms with Crippen molar-refractivity contribution in [1.82, 2.24) is 15.0 Å². The molecule has 2 aromatic heterocycles. The van der Waals surface area contributed by atoms with E-state index in [9.17, 15) is 0 Å². The number of methoxy groups -OCH3 is 1. The van der Waals surface area contributed by atoms with E-state index in [0.717, 1.165) is 28.0 Å². The van der Waals surface area contributed by atoms with E-state index in [-0.39, 0.29) is 0 Å². The lowest BCUT2D eigenvalue weighted by Gasteiger charge is -2.09. The molecule has 3 rings (SSSR count). The van der Waals surface area contributed by atoms with Crippen LogP contribution in [0.1, 0.15) is 11.4 Å². The zero-order valence-corrected chi connectivity index (χ0v) is 12.4. The van der Waals surface area contributed by atoms with Crippen molar-refractivity contribution in [2.45, 2.75) is 0 Å². The maximum Gasteiger partial charge on any atom is 0.155 e. The molecule has 5 heteroatoms. The molecule has 1 aromatic carbocycles. The molecule has 3 aromatic rings. The summed E-state index contributed by atoms with van der Waals surface area (Å²) in [6.07, 6.45) is 7.33. The fraction of sp³-hybridized carbons (Fsp3) is 0.118. The minimum Gasteiger partial charge on any atom is -0.494 e. The van der Waals surface area contributed by atoms with Crippen LogP contribution in [0, 0.1) is 0 Å². The quantitative estimate of drug-likeness (QED) is 0.800. The van der Waals surface area contributed by atoms with Gasteiger partial charge in [-0.05, 0) is 35.9 Å². The van der Waals surface area contributed by atoms with Crippen LogP contribution in [-0.2, 0) is 0 Å². The summed E-state index contributed by atoms with van der Waals surface area (Å²) in [6.45, 7) is 0. The summed E-state index contributed by atoms with van der Waals surface area (Å²) in [6, 6.07) is 9.66. The third kappa shape index (κ3) is 2.74. The minimum atomic E-state index is 0.616. The second kappa shape index (κ2) is 6.22. The highest BCUT2D eigenvalue weighted by atomic mass is 16.5. The smallest absolute Gasteiger partial charge is 0.155 e. The Balaban J connectivity index is 2.09. The first-order chi connectivity index (χ1) is 10.8. The lowest BCUT2D eigenvalue weighted by molar-refractivity contribution is 0.419. The second-order valence-corrected chi connectivity index (χ2v) is 4.66. The van der Waals surface area contributed by atoms with E-state index in [1.54, 1.807) is 19.5 Å². The molecule has 22 heavy (non-hydrogen) atoms. The first-order valence-electron chi connectivity index (χ1n) is 6.92. The van der Waals surface area contributed by atoms with Gasteiger partial charge in [-0.1, -0.05) is 12.1 Å². The summed E-state index contributed by atoms with van der Waals surface area (Å²) in [5.41, 5.74) is 1.78. The van der Waals surface area contributed by atoms with E-state index >= 15 is 0 Å². The Hall–Kier alpha value is -2.95. The van der Waals surface area contributed by atoms with Gasteiger partial charge in [-0.3, -0.25) is 4.98 Å². The van der Waals surface area contributed by atoms with E-state index in [1.807, 2.05) is 49.5 Å². The molecule has 0 amide bonds. The molecule has 0 saturated carbocycles. The van der Waals surface area contributed by atoms with E-state index in [2.05, 4.69) is 20.3 Å². The Morgan fingerprint density at radius 2 is 2.00 bits per heavy atom. The number of fused-ring (bicyclic) bond motifs is 1. The highest BCUT2D eigenvalue weighted by Gasteiger charge is 2.09. The van der Waals surface area contributed by atoms with Crippen molar-refractivity contribution in [3.8, 4) is 5.75 Å². The number of rotatable bonds is 4. The topological polar surface area (TPSA) is 59.9 Å². The van der Waals surface area contributed by atoms with Gasteiger partial charge in [-0.2, -0.15) is 0 Å². The van der Waals surface area contributed by atoms with Gasteiger partial charge in [0.1, 0.15) is 17.1 Å². The SMILES string of the molecule is CNc1nc(/C=C/c2cccnc2)nc2c(OC)cccc12. The molecule has 0 radical (unpaired) electrons. The van der Waals surface area contributed by atoms with Crippen molar-refractivity contribution in [1.29, 1.82) is 0 Å². The Kier molecular flexibility index (Phi) is 3.96. The van der Waals surface area contributed by atoms with E-state index in [0.29, 0.717) is 5.82 Å². The number of benzene rings is 1. The average Bonchev–Trinajstić information content (AvgIpc) is 2.59. The van der Waals surface area contributed by atoms with Crippen LogP contribution in [0.2, 0.25) is 0 Å². The molecule has 0 fully saturated rings. The zero-order chi connectivity index (χ0) is 15.4. The van der Waals surface area contributed by atoms with Gasteiger partial charge in [-0.25, -0.2) is 9.97 Å². The molecular weight excluding hydrogens is 276 g/mol. The summed E-state index contributed by atoms with van der Waals surface area (Å²) in [7, 11) is 3.48. The van der Waals surface area contributed by atoms with Crippen LogP contribution in [0.5, 0.6) is 5.75 Å². The van der Waals surface area contributed by atoms with Gasteiger partial charge < -0.3 is 10.1 Å². The van der Waals surface area contributed by atoms with Gasteiger partial charge in [0.2, 0.25) is 0 Å². The van der Waals surface area contributed by atoms with E-state index in [4.69, 9.17) is 4.74 Å². The molecule has 0 aliphatic heterocycles. The van der Waals surface area contributed by atoms with Crippen molar-refractivity contribution >= 4 is 28.9 Å². The summed E-state index contributed by atoms with van der Waals surface area (Å²) >= 11 is 0. The monoisotopic (exact) mass is 292 g/mol. The molecule has 0 atom stereocenters. The molecular formula is C17H16N4O. The Morgan fingerprint density at radius 3 is 2.73 bits per heavy atom. The molecule has 0 aliphatic rings. The highest BCUT2D eigenvalue weighted by Crippen LogP contribution is 2.28. The predicted molar refractivity (Wildman–Crippen MR) is 88.8 cm³/mol. The fourth-order valence-corrected chi connectivity index (χ4v) is 2.22. The Labute approximate surface area is 128 Å². The first kappa shape index (κ1) is 14.0. The van der Waals surface area contributed by atoms with Crippen LogP contribution >= 0.6 is 0 Å². The van der Waals surface area contributed by atoms with Crippen LogP contribution in [0.25, 0.3) is 23.1 Å². The minimum absolute atomic E-state index is 0.616. The highest BCUT2D eigenvalue weighted by molar-refractivity contribution is 5.93. The van der Waals surface area contributed by atoms with Crippen LogP contribution in [0.15, 0.2) is 42.7 Å². The zero-order valence-electron chi connectivity index (χ0n) is 12.4. The number of anilines is 1. The second-order valence-electron chi connectivity index (χ2n) is 4.66. The van der Waals surface area contributed by atoms with Crippen LogP contribution in [-0.4, -0.2) is 29.1 Å². The van der Waals surface area contributed by atoms with Gasteiger partial charge in [0, 0.05) is 24.8 Å². The lowest BCUT2D eigenvalue weighted by Crippen LogP contribution is -1.99. The number of hydrogen-bond donors (Lipinski definition) is 1. The largest absolute Gasteiger partial charge is 0.494 e. The van der Waals surface area contributed by atoms with Crippen molar-refractivity contribution < 1.29 is 4.74 Å². The predicted octanol–water partition coefficient (Wildman–Crippen LogP) is 3.25. The maximum absolute atomic E-state index is 5.39. The van der Waals surface area contributed by atoms with Gasteiger partial charge >= 0.3 is 0 Å². The van der Waals surface area contributed by atoms with Crippen LogP contribution < -0.4 is 10.1 Å². The Bertz CT molecular complexity index is 816. The lowest BCUT2D eigenvalue weighted by atomic mass is 10.2. The maximum atomic E-state index is 5.39. The molecule has 2 heterocycles. The normalized spacial score (nSPS) is 11.0. The molecule has 0 bridgehead atoms. The number of pyridine rings is 1. The molecule has 110 valence electrons. The van der Waals surface area contributed by atoms with Gasteiger partial charge in [0.05, 0.1) is 7.11 Å². The summed E-state index contributed by atoms with van der Waals surface area (Å²) in [5.74, 6) is 2.12. The average molecular weight is 292 g/mol. The molecule has 0 unspecified atom stereocenters. The third-order valence-electron chi connectivity index (χ3n) is 3.27. The van der Waals surface area contributed by atoms with Gasteiger partial charge in [0.15, 0.2) is 5.82 Å². The van der Waals surface area contributed by atoms with Crippen molar-refractivity contribution in [3.05, 3.63) is 54.1 Å². The molecule has 5 nitrogen and oxygen atoms in total. The number of para-hydroxylation sites is 1. The number of nitrogens with one attached hydrogen (secondary N) is 1. The molecule has 0 spiro atoms. The first-order valence-corrected chi connectivity index (χ1v) is 6.92. The van der Waals surface area contributed by atoms with Gasteiger partial charge in [0.25, 0.3) is 0 Å². The summed E-state index contributed by atoms with van der Waals surface area (Å²) in [4.78, 5) is 13.2. The summed E-state index contributed by atoms with van der Waals surface area (Å²) < 4.78 is 5.39. The van der Waals surface area contributed by atoms with Crippen molar-refractivity contribution in [3.63, 3.8) is 0 Å². The van der Waals surface area contributed by atoms with E-state index in [1.165, 1.54) is 0 Å². The molecule has 0 aliphatic carbocycles. The van der Waals surface area contributed by atoms with Crippen molar-refractivity contribution in [2.75, 3.05) is 19.5 Å². The number of nitrogens with zero attached hydrogens (tertiary/aromatic N) is 3. The molecule has 0 saturated heterocycles. The number of aromatic nitrogens is 3. The number of hydrogen-bond acceptors (Lipinski definition) is 5. The van der Waals surface area contributed by atoms with Gasteiger partial charge in [-0.15, -0.1) is 0 Å². The van der Waals surface area contributed by atoms with Crippen molar-refractivity contribution in [2.24, 2.45) is 0 Å². The summed E-state index contributed by atoms with van der Waals surface area (Å²) in [5, 5.41) is 4.04. The number of ether oxygens (including phenoxy) is 1. The van der Waals surface area contributed by atoms with E-state index < -0.39 is 0 Å². The molecule has 1 N–H and O–H groups in total. The van der Waals surface area contributed by atoms with Crippen LogP contribution in [0.3, 0.4) is 0 Å². The third-order valence-corrected chi connectivity index (χ3v) is 3.27. The van der Waals surface area contributed by atoms with Crippen LogP contribution in [0.4, 0.5) is 5.82 Å². The Morgan fingerprint density at radius 1 is 1.09 bits per heavy atom.